The molecule has 1 heterocycles. The van der Waals surface area contributed by atoms with Crippen molar-refractivity contribution < 1.29 is 14.3 Å². The molecule has 0 spiro atoms. The van der Waals surface area contributed by atoms with Gasteiger partial charge in [0.1, 0.15) is 11.9 Å². The number of amides is 3. The van der Waals surface area contributed by atoms with E-state index in [1.807, 2.05) is 38.4 Å². The molecule has 0 N–H and O–H groups in total. The van der Waals surface area contributed by atoms with Gasteiger partial charge in [-0.2, -0.15) is 0 Å². The zero-order chi connectivity index (χ0) is 17.0. The lowest BCUT2D eigenvalue weighted by atomic mass is 10.1. The van der Waals surface area contributed by atoms with Crippen molar-refractivity contribution in [3.8, 4) is 5.75 Å². The average Bonchev–Trinajstić information content (AvgIpc) is 2.54. The number of hydrogen-bond donors (Lipinski definition) is 0. The van der Waals surface area contributed by atoms with Crippen molar-refractivity contribution in [1.29, 1.82) is 0 Å². The molecule has 1 fully saturated rings. The molecule has 1 saturated heterocycles. The molecular formula is C16H22N4O3. The minimum absolute atomic E-state index is 0.183. The molecule has 3 amide bonds. The molecular weight excluding hydrogens is 296 g/mol. The number of hydrogen-bond acceptors (Lipinski definition) is 4. The summed E-state index contributed by atoms with van der Waals surface area (Å²) in [7, 11) is 6.93. The fourth-order valence-corrected chi connectivity index (χ4v) is 2.26. The van der Waals surface area contributed by atoms with Gasteiger partial charge in [0.05, 0.1) is 26.4 Å². The number of carbonyl (C=O) groups is 2. The normalized spacial score (nSPS) is 18.7. The van der Waals surface area contributed by atoms with E-state index in [0.29, 0.717) is 0 Å². The number of methoxy groups -OCH3 is 1. The highest BCUT2D eigenvalue weighted by molar-refractivity contribution is 5.97. The molecule has 124 valence electrons. The maximum Gasteiger partial charge on any atom is 0.328 e. The number of nitrogens with zero attached hydrogens (tertiary/aromatic N) is 4. The van der Waals surface area contributed by atoms with Gasteiger partial charge in [-0.15, -0.1) is 0 Å². The lowest BCUT2D eigenvalue weighted by Crippen LogP contribution is -2.54. The lowest BCUT2D eigenvalue weighted by molar-refractivity contribution is -0.132. The summed E-state index contributed by atoms with van der Waals surface area (Å²) < 4.78 is 5.10. The van der Waals surface area contributed by atoms with Crippen LogP contribution in [0.1, 0.15) is 12.0 Å². The molecule has 0 bridgehead atoms. The average molecular weight is 318 g/mol. The summed E-state index contributed by atoms with van der Waals surface area (Å²) in [6.07, 6.45) is 1.34. The minimum Gasteiger partial charge on any atom is -0.497 e. The van der Waals surface area contributed by atoms with Gasteiger partial charge in [0.2, 0.25) is 5.91 Å². The van der Waals surface area contributed by atoms with Gasteiger partial charge in [-0.1, -0.05) is 12.1 Å². The highest BCUT2D eigenvalue weighted by atomic mass is 16.5. The summed E-state index contributed by atoms with van der Waals surface area (Å²) in [5.41, 5.74) is 0.871. The minimum atomic E-state index is -0.454. The summed E-state index contributed by atoms with van der Waals surface area (Å²) in [5, 5.41) is 0. The quantitative estimate of drug-likeness (QED) is 0.608. The fraction of sp³-hybridized carbons (Fsp3) is 0.438. The highest BCUT2D eigenvalue weighted by Gasteiger charge is 2.36. The number of urea groups is 1. The van der Waals surface area contributed by atoms with Crippen LogP contribution in [-0.4, -0.2) is 67.4 Å². The second kappa shape index (κ2) is 7.13. The smallest absolute Gasteiger partial charge is 0.328 e. The Bertz CT molecular complexity index is 598. The third-order valence-corrected chi connectivity index (χ3v) is 3.61. The van der Waals surface area contributed by atoms with Crippen LogP contribution < -0.4 is 4.74 Å². The first-order valence-corrected chi connectivity index (χ1v) is 7.32. The molecule has 0 radical (unpaired) electrons. The Balaban J connectivity index is 2.09. The second-order valence-corrected chi connectivity index (χ2v) is 5.63. The van der Waals surface area contributed by atoms with Crippen LogP contribution in [0.5, 0.6) is 5.75 Å². The van der Waals surface area contributed by atoms with E-state index in [0.717, 1.165) is 11.3 Å². The Hall–Kier alpha value is -2.57. The molecule has 1 aliphatic heterocycles. The van der Waals surface area contributed by atoms with Gasteiger partial charge < -0.3 is 14.5 Å². The van der Waals surface area contributed by atoms with Gasteiger partial charge in [0, 0.05) is 21.1 Å². The Morgan fingerprint density at radius 3 is 2.52 bits per heavy atom. The van der Waals surface area contributed by atoms with Crippen LogP contribution in [0.15, 0.2) is 29.3 Å². The Labute approximate surface area is 136 Å². The van der Waals surface area contributed by atoms with E-state index >= 15 is 0 Å². The van der Waals surface area contributed by atoms with Crippen molar-refractivity contribution in [1.82, 2.24) is 14.7 Å². The van der Waals surface area contributed by atoms with E-state index in [1.165, 1.54) is 9.80 Å². The third-order valence-electron chi connectivity index (χ3n) is 3.61. The van der Waals surface area contributed by atoms with Crippen LogP contribution in [-0.2, 0) is 11.3 Å². The third kappa shape index (κ3) is 4.00. The molecule has 1 atom stereocenters. The molecule has 1 aromatic rings. The molecule has 7 heteroatoms. The number of rotatable bonds is 5. The second-order valence-electron chi connectivity index (χ2n) is 5.63. The maximum atomic E-state index is 12.4. The van der Waals surface area contributed by atoms with Crippen molar-refractivity contribution in [3.05, 3.63) is 29.8 Å². The van der Waals surface area contributed by atoms with Crippen LogP contribution in [0.2, 0.25) is 0 Å². The Morgan fingerprint density at radius 2 is 1.96 bits per heavy atom. The number of aliphatic imine (C=N–C) groups is 1. The number of imide groups is 1. The van der Waals surface area contributed by atoms with E-state index in [-0.39, 0.29) is 24.9 Å². The molecule has 0 aromatic heterocycles. The monoisotopic (exact) mass is 318 g/mol. The molecule has 1 aromatic carbocycles. The first-order valence-electron chi connectivity index (χ1n) is 7.32. The predicted octanol–water partition coefficient (Wildman–Crippen LogP) is 1.40. The van der Waals surface area contributed by atoms with Crippen LogP contribution in [0.25, 0.3) is 0 Å². The van der Waals surface area contributed by atoms with Gasteiger partial charge in [-0.3, -0.25) is 14.7 Å². The van der Waals surface area contributed by atoms with Gasteiger partial charge in [-0.05, 0) is 17.7 Å². The lowest BCUT2D eigenvalue weighted by Gasteiger charge is -2.36. The number of carbonyl (C=O) groups excluding carboxylic acids is 2. The molecule has 2 rings (SSSR count). The molecule has 1 aliphatic rings. The Morgan fingerprint density at radius 1 is 1.30 bits per heavy atom. The topological polar surface area (TPSA) is 65.5 Å². The first-order chi connectivity index (χ1) is 10.9. The van der Waals surface area contributed by atoms with Crippen molar-refractivity contribution >= 4 is 18.3 Å². The molecule has 7 nitrogen and oxygen atoms in total. The van der Waals surface area contributed by atoms with Crippen molar-refractivity contribution in [2.75, 3.05) is 28.3 Å². The molecule has 1 unspecified atom stereocenters. The van der Waals surface area contributed by atoms with E-state index in [9.17, 15) is 9.59 Å². The Kier molecular flexibility index (Phi) is 5.20. The van der Waals surface area contributed by atoms with Crippen molar-refractivity contribution in [2.24, 2.45) is 4.99 Å². The zero-order valence-electron chi connectivity index (χ0n) is 13.9. The van der Waals surface area contributed by atoms with Crippen LogP contribution >= 0.6 is 0 Å². The first kappa shape index (κ1) is 16.8. The summed E-state index contributed by atoms with van der Waals surface area (Å²) in [5.74, 6) is 0.519. The number of benzene rings is 1. The zero-order valence-corrected chi connectivity index (χ0v) is 13.9. The van der Waals surface area contributed by atoms with Gasteiger partial charge >= 0.3 is 6.03 Å². The molecule has 23 heavy (non-hydrogen) atoms. The van der Waals surface area contributed by atoms with Crippen LogP contribution in [0.4, 0.5) is 4.79 Å². The number of ether oxygens (including phenoxy) is 1. The molecule has 0 saturated carbocycles. The summed E-state index contributed by atoms with van der Waals surface area (Å²) in [4.78, 5) is 33.5. The standard InChI is InChI=1S/C16H22N4O3/c1-18(2)11-17-14-9-15(21)20(16(22)19(14)3)10-12-5-7-13(23-4)8-6-12/h5-8,11,14H,9-10H2,1-4H3/b17-11+. The van der Waals surface area contributed by atoms with E-state index in [2.05, 4.69) is 4.99 Å². The summed E-state index contributed by atoms with van der Waals surface area (Å²) in [6.45, 7) is 0.246. The van der Waals surface area contributed by atoms with Gasteiger partial charge in [-0.25, -0.2) is 4.79 Å². The largest absolute Gasteiger partial charge is 0.497 e. The van der Waals surface area contributed by atoms with Crippen molar-refractivity contribution in [3.63, 3.8) is 0 Å². The van der Waals surface area contributed by atoms with Crippen LogP contribution in [0.3, 0.4) is 0 Å². The van der Waals surface area contributed by atoms with Gasteiger partial charge in [0.15, 0.2) is 0 Å². The SMILES string of the molecule is COc1ccc(CN2C(=O)CC(/N=C/N(C)C)N(C)C2=O)cc1. The van der Waals surface area contributed by atoms with E-state index in [4.69, 9.17) is 4.74 Å². The van der Waals surface area contributed by atoms with E-state index in [1.54, 1.807) is 25.4 Å². The van der Waals surface area contributed by atoms with Gasteiger partial charge in [0.25, 0.3) is 0 Å². The highest BCUT2D eigenvalue weighted by Crippen LogP contribution is 2.20. The maximum absolute atomic E-state index is 12.4. The fourth-order valence-electron chi connectivity index (χ4n) is 2.26. The molecule has 0 aliphatic carbocycles. The summed E-state index contributed by atoms with van der Waals surface area (Å²) >= 11 is 0. The van der Waals surface area contributed by atoms with Crippen molar-refractivity contribution in [2.45, 2.75) is 19.1 Å². The van der Waals surface area contributed by atoms with Crippen LogP contribution in [0, 0.1) is 0 Å². The summed E-state index contributed by atoms with van der Waals surface area (Å²) in [6, 6.07) is 6.97. The van der Waals surface area contributed by atoms with E-state index < -0.39 is 6.17 Å². The predicted molar refractivity (Wildman–Crippen MR) is 87.3 cm³/mol.